The maximum Gasteiger partial charge on any atom is 0.414 e. The van der Waals surface area contributed by atoms with Crippen molar-refractivity contribution in [1.29, 1.82) is 0 Å². The molecular weight excluding hydrogens is 394 g/mol. The Bertz CT molecular complexity index is 770. The summed E-state index contributed by atoms with van der Waals surface area (Å²) in [4.78, 5) is 18.2. The average molecular weight is 421 g/mol. The number of methoxy groups -OCH3 is 2. The van der Waals surface area contributed by atoms with Gasteiger partial charge in [0, 0.05) is 6.54 Å². The molecule has 1 unspecified atom stereocenters. The fourth-order valence-corrected chi connectivity index (χ4v) is 2.31. The summed E-state index contributed by atoms with van der Waals surface area (Å²) in [6.07, 6.45) is 0.294. The maximum absolute atomic E-state index is 9.93. The van der Waals surface area contributed by atoms with Crippen molar-refractivity contribution >= 4 is 11.9 Å². The van der Waals surface area contributed by atoms with E-state index in [4.69, 9.17) is 34.0 Å². The Morgan fingerprint density at radius 1 is 0.967 bits per heavy atom. The van der Waals surface area contributed by atoms with Gasteiger partial charge in [-0.1, -0.05) is 24.3 Å². The van der Waals surface area contributed by atoms with Gasteiger partial charge in [-0.3, -0.25) is 0 Å². The standard InChI is InChI=1S/C19H25NO4.C2H2O4/c1-22-18-9-8-15(12-19(18)23-2)10-11-20-13-16(21)14-24-17-6-4-3-5-7-17;3-1(4)2(5)6/h3-9,12,16,20-21H,10-11,13-14H2,1-2H3;(H,3,4)(H,5,6). The third kappa shape index (κ3) is 9.76. The van der Waals surface area contributed by atoms with Crippen molar-refractivity contribution in [1.82, 2.24) is 5.32 Å². The molecule has 30 heavy (non-hydrogen) atoms. The molecule has 0 fully saturated rings. The lowest BCUT2D eigenvalue weighted by Gasteiger charge is -2.14. The summed E-state index contributed by atoms with van der Waals surface area (Å²) in [7, 11) is 3.25. The number of hydrogen-bond donors (Lipinski definition) is 4. The first-order chi connectivity index (χ1) is 14.4. The number of aliphatic hydroxyl groups is 1. The van der Waals surface area contributed by atoms with Gasteiger partial charge in [-0.05, 0) is 42.8 Å². The first kappa shape index (κ1) is 24.7. The normalized spacial score (nSPS) is 10.9. The van der Waals surface area contributed by atoms with E-state index in [0.29, 0.717) is 6.54 Å². The Labute approximate surface area is 174 Å². The molecule has 9 nitrogen and oxygen atoms in total. The highest BCUT2D eigenvalue weighted by molar-refractivity contribution is 6.27. The molecule has 2 aromatic rings. The summed E-state index contributed by atoms with van der Waals surface area (Å²) < 4.78 is 16.0. The molecule has 0 aliphatic rings. The third-order valence-corrected chi connectivity index (χ3v) is 3.79. The van der Waals surface area contributed by atoms with Crippen LogP contribution in [-0.2, 0) is 16.0 Å². The molecule has 0 saturated carbocycles. The SMILES string of the molecule is COc1ccc(CCNCC(O)COc2ccccc2)cc1OC.O=C(O)C(=O)O. The van der Waals surface area contributed by atoms with E-state index in [1.807, 2.05) is 48.5 Å². The zero-order chi connectivity index (χ0) is 22.4. The zero-order valence-corrected chi connectivity index (χ0v) is 16.9. The lowest BCUT2D eigenvalue weighted by Crippen LogP contribution is -2.32. The third-order valence-electron chi connectivity index (χ3n) is 3.79. The van der Waals surface area contributed by atoms with E-state index in [2.05, 4.69) is 5.32 Å². The van der Waals surface area contributed by atoms with Crippen LogP contribution in [0.5, 0.6) is 17.2 Å². The Balaban J connectivity index is 0.000000656. The molecule has 0 aromatic heterocycles. The number of benzene rings is 2. The minimum Gasteiger partial charge on any atom is -0.493 e. The lowest BCUT2D eigenvalue weighted by atomic mass is 10.1. The molecule has 0 bridgehead atoms. The highest BCUT2D eigenvalue weighted by atomic mass is 16.5. The van der Waals surface area contributed by atoms with Crippen molar-refractivity contribution in [3.05, 3.63) is 54.1 Å². The van der Waals surface area contributed by atoms with Gasteiger partial charge in [0.1, 0.15) is 18.5 Å². The van der Waals surface area contributed by atoms with E-state index in [1.165, 1.54) is 0 Å². The molecule has 2 aromatic carbocycles. The van der Waals surface area contributed by atoms with Crippen LogP contribution in [-0.4, -0.2) is 67.3 Å². The van der Waals surface area contributed by atoms with Crippen LogP contribution in [0.25, 0.3) is 0 Å². The van der Waals surface area contributed by atoms with Gasteiger partial charge >= 0.3 is 11.9 Å². The number of hydrogen-bond acceptors (Lipinski definition) is 7. The molecule has 0 heterocycles. The molecular formula is C21H27NO8. The summed E-state index contributed by atoms with van der Waals surface area (Å²) in [5, 5.41) is 28.0. The van der Waals surface area contributed by atoms with E-state index in [9.17, 15) is 5.11 Å². The first-order valence-electron chi connectivity index (χ1n) is 9.11. The number of nitrogens with one attached hydrogen (secondary N) is 1. The molecule has 0 saturated heterocycles. The van der Waals surface area contributed by atoms with E-state index in [-0.39, 0.29) is 6.61 Å². The van der Waals surface area contributed by atoms with Gasteiger partial charge < -0.3 is 34.8 Å². The van der Waals surface area contributed by atoms with Crippen molar-refractivity contribution in [2.75, 3.05) is 33.9 Å². The van der Waals surface area contributed by atoms with Crippen molar-refractivity contribution < 1.29 is 39.1 Å². The number of para-hydroxylation sites is 1. The lowest BCUT2D eigenvalue weighted by molar-refractivity contribution is -0.159. The zero-order valence-electron chi connectivity index (χ0n) is 16.9. The minimum atomic E-state index is -1.82. The molecule has 2 rings (SSSR count). The van der Waals surface area contributed by atoms with Crippen molar-refractivity contribution in [3.63, 3.8) is 0 Å². The van der Waals surface area contributed by atoms with Gasteiger partial charge in [-0.2, -0.15) is 0 Å². The molecule has 0 radical (unpaired) electrons. The Morgan fingerprint density at radius 2 is 1.60 bits per heavy atom. The molecule has 0 amide bonds. The summed E-state index contributed by atoms with van der Waals surface area (Å²) >= 11 is 0. The van der Waals surface area contributed by atoms with Crippen LogP contribution in [0.3, 0.4) is 0 Å². The van der Waals surface area contributed by atoms with Gasteiger partial charge in [-0.25, -0.2) is 9.59 Å². The van der Waals surface area contributed by atoms with E-state index >= 15 is 0 Å². The summed E-state index contributed by atoms with van der Waals surface area (Å²) in [5.41, 5.74) is 1.15. The smallest absolute Gasteiger partial charge is 0.414 e. The fourth-order valence-electron chi connectivity index (χ4n) is 2.31. The summed E-state index contributed by atoms with van der Waals surface area (Å²) in [6.45, 7) is 1.52. The predicted octanol–water partition coefficient (Wildman–Crippen LogP) is 1.43. The molecule has 4 N–H and O–H groups in total. The van der Waals surface area contributed by atoms with E-state index in [0.717, 1.165) is 35.8 Å². The molecule has 0 aliphatic carbocycles. The number of ether oxygens (including phenoxy) is 3. The van der Waals surface area contributed by atoms with Gasteiger partial charge in [-0.15, -0.1) is 0 Å². The molecule has 164 valence electrons. The van der Waals surface area contributed by atoms with Crippen molar-refractivity contribution in [3.8, 4) is 17.2 Å². The average Bonchev–Trinajstić information content (AvgIpc) is 2.76. The summed E-state index contributed by atoms with van der Waals surface area (Å²) in [6, 6.07) is 15.4. The predicted molar refractivity (Wildman–Crippen MR) is 109 cm³/mol. The van der Waals surface area contributed by atoms with Crippen LogP contribution >= 0.6 is 0 Å². The number of aliphatic hydroxyl groups excluding tert-OH is 1. The second kappa shape index (κ2) is 13.8. The molecule has 9 heteroatoms. The second-order valence-corrected chi connectivity index (χ2v) is 6.03. The first-order valence-corrected chi connectivity index (χ1v) is 9.11. The number of carboxylic acid groups (broad SMARTS) is 2. The van der Waals surface area contributed by atoms with Crippen molar-refractivity contribution in [2.24, 2.45) is 0 Å². The topological polar surface area (TPSA) is 135 Å². The van der Waals surface area contributed by atoms with Gasteiger partial charge in [0.2, 0.25) is 0 Å². The van der Waals surface area contributed by atoms with Crippen LogP contribution in [0, 0.1) is 0 Å². The Morgan fingerprint density at radius 3 is 2.17 bits per heavy atom. The highest BCUT2D eigenvalue weighted by Gasteiger charge is 2.07. The Kier molecular flexibility index (Phi) is 11.4. The van der Waals surface area contributed by atoms with Crippen LogP contribution in [0.2, 0.25) is 0 Å². The maximum atomic E-state index is 9.93. The second-order valence-electron chi connectivity index (χ2n) is 6.03. The molecule has 0 spiro atoms. The van der Waals surface area contributed by atoms with Crippen LogP contribution in [0.15, 0.2) is 48.5 Å². The van der Waals surface area contributed by atoms with Gasteiger partial charge in [0.15, 0.2) is 11.5 Å². The van der Waals surface area contributed by atoms with Crippen LogP contribution in [0.4, 0.5) is 0 Å². The number of aliphatic carboxylic acids is 2. The highest BCUT2D eigenvalue weighted by Crippen LogP contribution is 2.27. The number of carbonyl (C=O) groups is 2. The minimum absolute atomic E-state index is 0.271. The molecule has 0 aliphatic heterocycles. The van der Waals surface area contributed by atoms with Crippen LogP contribution in [0.1, 0.15) is 5.56 Å². The monoisotopic (exact) mass is 421 g/mol. The Hall–Kier alpha value is -3.30. The van der Waals surface area contributed by atoms with Crippen LogP contribution < -0.4 is 19.5 Å². The molecule has 1 atom stereocenters. The number of rotatable bonds is 10. The fraction of sp³-hybridized carbons (Fsp3) is 0.333. The van der Waals surface area contributed by atoms with E-state index < -0.39 is 18.0 Å². The van der Waals surface area contributed by atoms with E-state index in [1.54, 1.807) is 14.2 Å². The van der Waals surface area contributed by atoms with Gasteiger partial charge in [0.05, 0.1) is 14.2 Å². The number of carboxylic acids is 2. The largest absolute Gasteiger partial charge is 0.493 e. The quantitative estimate of drug-likeness (QED) is 0.332. The summed E-state index contributed by atoms with van der Waals surface area (Å²) in [5.74, 6) is -1.43. The van der Waals surface area contributed by atoms with Gasteiger partial charge in [0.25, 0.3) is 0 Å². The van der Waals surface area contributed by atoms with Crippen molar-refractivity contribution in [2.45, 2.75) is 12.5 Å².